The number of sulfonamides is 1. The fraction of sp³-hybridized carbons (Fsp3) is 0.636. The van der Waals surface area contributed by atoms with Crippen LogP contribution in [0.3, 0.4) is 0 Å². The third-order valence-corrected chi connectivity index (χ3v) is 8.22. The van der Waals surface area contributed by atoms with Gasteiger partial charge in [-0.3, -0.25) is 14.5 Å². The second-order valence-corrected chi connectivity index (χ2v) is 10.4. The Hall–Kier alpha value is -2.13. The fourth-order valence-corrected chi connectivity index (χ4v) is 6.04. The van der Waals surface area contributed by atoms with Gasteiger partial charge in [0.2, 0.25) is 15.9 Å². The van der Waals surface area contributed by atoms with Gasteiger partial charge in [-0.15, -0.1) is 0 Å². The number of hydrogen-bond acceptors (Lipinski definition) is 5. The Balaban J connectivity index is 1.59. The van der Waals surface area contributed by atoms with E-state index in [1.807, 2.05) is 4.90 Å². The Morgan fingerprint density at radius 1 is 0.903 bits per heavy atom. The van der Waals surface area contributed by atoms with Crippen LogP contribution >= 0.6 is 0 Å². The van der Waals surface area contributed by atoms with Crippen LogP contribution in [0.5, 0.6) is 5.75 Å². The van der Waals surface area contributed by atoms with Gasteiger partial charge in [-0.2, -0.15) is 4.31 Å². The zero-order valence-electron chi connectivity index (χ0n) is 17.9. The molecule has 0 spiro atoms. The lowest BCUT2D eigenvalue weighted by molar-refractivity contribution is -0.132. The molecule has 0 unspecified atom stereocenters. The molecule has 0 aromatic heterocycles. The zero-order chi connectivity index (χ0) is 21.8. The first-order chi connectivity index (χ1) is 15.0. The summed E-state index contributed by atoms with van der Waals surface area (Å²) in [5, 5.41) is 0. The molecule has 8 nitrogen and oxygen atoms in total. The molecular formula is C22H31N3O5S. The Morgan fingerprint density at radius 2 is 1.52 bits per heavy atom. The van der Waals surface area contributed by atoms with Crippen molar-refractivity contribution >= 4 is 27.5 Å². The SMILES string of the molecule is O=C(CN1C(=O)COc2ccc(S(=O)(=O)N3CCCCCC3)cc21)N1CCCCCC1. The summed E-state index contributed by atoms with van der Waals surface area (Å²) >= 11 is 0. The molecule has 9 heteroatoms. The Kier molecular flexibility index (Phi) is 6.81. The third kappa shape index (κ3) is 4.87. The summed E-state index contributed by atoms with van der Waals surface area (Å²) in [5.74, 6) is -0.0121. The van der Waals surface area contributed by atoms with Crippen LogP contribution in [-0.2, 0) is 19.6 Å². The van der Waals surface area contributed by atoms with Crippen LogP contribution in [0.2, 0.25) is 0 Å². The molecule has 0 N–H and O–H groups in total. The summed E-state index contributed by atoms with van der Waals surface area (Å²) in [6, 6.07) is 4.61. The van der Waals surface area contributed by atoms with Crippen LogP contribution in [0.4, 0.5) is 5.69 Å². The predicted molar refractivity (Wildman–Crippen MR) is 117 cm³/mol. The van der Waals surface area contributed by atoms with Crippen molar-refractivity contribution < 1.29 is 22.7 Å². The van der Waals surface area contributed by atoms with Gasteiger partial charge in [0.25, 0.3) is 5.91 Å². The quantitative estimate of drug-likeness (QED) is 0.704. The molecule has 2 fully saturated rings. The molecule has 170 valence electrons. The van der Waals surface area contributed by atoms with E-state index in [1.54, 1.807) is 6.07 Å². The van der Waals surface area contributed by atoms with Gasteiger partial charge in [0.15, 0.2) is 6.61 Å². The second-order valence-electron chi connectivity index (χ2n) is 8.51. The largest absolute Gasteiger partial charge is 0.482 e. The van der Waals surface area contributed by atoms with Gasteiger partial charge < -0.3 is 9.64 Å². The molecule has 31 heavy (non-hydrogen) atoms. The molecule has 0 atom stereocenters. The molecular weight excluding hydrogens is 418 g/mol. The minimum absolute atomic E-state index is 0.0948. The summed E-state index contributed by atoms with van der Waals surface area (Å²) in [6.07, 6.45) is 7.93. The molecule has 3 aliphatic heterocycles. The molecule has 1 aromatic carbocycles. The maximum atomic E-state index is 13.2. The average Bonchev–Trinajstić information content (AvgIpc) is 3.21. The van der Waals surface area contributed by atoms with E-state index in [-0.39, 0.29) is 29.9 Å². The molecule has 0 saturated carbocycles. The van der Waals surface area contributed by atoms with Crippen LogP contribution in [-0.4, -0.2) is 68.8 Å². The van der Waals surface area contributed by atoms with E-state index in [4.69, 9.17) is 4.74 Å². The number of carbonyl (C=O) groups excluding carboxylic acids is 2. The Morgan fingerprint density at radius 3 is 2.16 bits per heavy atom. The molecule has 1 aromatic rings. The first-order valence-corrected chi connectivity index (χ1v) is 12.8. The molecule has 2 saturated heterocycles. The summed E-state index contributed by atoms with van der Waals surface area (Å²) in [6.45, 7) is 2.17. The number of likely N-dealkylation sites (tertiary alicyclic amines) is 1. The van der Waals surface area contributed by atoms with Crippen molar-refractivity contribution in [3.05, 3.63) is 18.2 Å². The number of hydrogen-bond donors (Lipinski definition) is 0. The highest BCUT2D eigenvalue weighted by Crippen LogP contribution is 2.35. The van der Waals surface area contributed by atoms with Crippen molar-refractivity contribution in [2.24, 2.45) is 0 Å². The fourth-order valence-electron chi connectivity index (χ4n) is 4.50. The highest BCUT2D eigenvalue weighted by Gasteiger charge is 2.32. The maximum absolute atomic E-state index is 13.2. The number of ether oxygens (including phenoxy) is 1. The lowest BCUT2D eigenvalue weighted by atomic mass is 10.2. The second kappa shape index (κ2) is 9.56. The van der Waals surface area contributed by atoms with Gasteiger partial charge in [0.05, 0.1) is 10.6 Å². The highest BCUT2D eigenvalue weighted by atomic mass is 32.2. The smallest absolute Gasteiger partial charge is 0.265 e. The molecule has 0 bridgehead atoms. The van der Waals surface area contributed by atoms with E-state index >= 15 is 0 Å². The van der Waals surface area contributed by atoms with E-state index in [1.165, 1.54) is 21.3 Å². The van der Waals surface area contributed by atoms with Crippen LogP contribution in [0.15, 0.2) is 23.1 Å². The Labute approximate surface area is 184 Å². The van der Waals surface area contributed by atoms with E-state index < -0.39 is 10.0 Å². The first-order valence-electron chi connectivity index (χ1n) is 11.3. The summed E-state index contributed by atoms with van der Waals surface area (Å²) in [5.41, 5.74) is 0.357. The average molecular weight is 450 g/mol. The van der Waals surface area contributed by atoms with Crippen LogP contribution in [0, 0.1) is 0 Å². The highest BCUT2D eigenvalue weighted by molar-refractivity contribution is 7.89. The monoisotopic (exact) mass is 449 g/mol. The molecule has 0 aliphatic carbocycles. The van der Waals surface area contributed by atoms with Crippen LogP contribution in [0.25, 0.3) is 0 Å². The van der Waals surface area contributed by atoms with E-state index in [0.29, 0.717) is 37.6 Å². The molecule has 3 heterocycles. The van der Waals surface area contributed by atoms with Crippen molar-refractivity contribution in [1.29, 1.82) is 0 Å². The number of amides is 2. The normalized spacial score (nSPS) is 21.1. The van der Waals surface area contributed by atoms with Crippen molar-refractivity contribution in [2.75, 3.05) is 44.2 Å². The van der Waals surface area contributed by atoms with Gasteiger partial charge in [-0.05, 0) is 43.9 Å². The number of rotatable bonds is 4. The van der Waals surface area contributed by atoms with Crippen molar-refractivity contribution in [2.45, 2.75) is 56.3 Å². The molecule has 4 rings (SSSR count). The van der Waals surface area contributed by atoms with E-state index in [9.17, 15) is 18.0 Å². The number of benzene rings is 1. The topological polar surface area (TPSA) is 87.2 Å². The maximum Gasteiger partial charge on any atom is 0.265 e. The lowest BCUT2D eigenvalue weighted by Crippen LogP contribution is -2.46. The summed E-state index contributed by atoms with van der Waals surface area (Å²) in [4.78, 5) is 28.9. The number of nitrogens with zero attached hydrogens (tertiary/aromatic N) is 3. The van der Waals surface area contributed by atoms with Crippen LogP contribution < -0.4 is 9.64 Å². The van der Waals surface area contributed by atoms with Gasteiger partial charge >= 0.3 is 0 Å². The van der Waals surface area contributed by atoms with E-state index in [2.05, 4.69) is 0 Å². The number of anilines is 1. The summed E-state index contributed by atoms with van der Waals surface area (Å²) in [7, 11) is -3.67. The predicted octanol–water partition coefficient (Wildman–Crippen LogP) is 2.38. The number of fused-ring (bicyclic) bond motifs is 1. The van der Waals surface area contributed by atoms with Gasteiger partial charge in [-0.1, -0.05) is 25.7 Å². The summed E-state index contributed by atoms with van der Waals surface area (Å²) < 4.78 is 33.5. The van der Waals surface area contributed by atoms with Crippen molar-refractivity contribution in [1.82, 2.24) is 9.21 Å². The van der Waals surface area contributed by atoms with Gasteiger partial charge in [-0.25, -0.2) is 8.42 Å². The Bertz CT molecular complexity index is 917. The molecule has 0 radical (unpaired) electrons. The minimum atomic E-state index is -3.67. The zero-order valence-corrected chi connectivity index (χ0v) is 18.7. The standard InChI is InChI=1S/C22H31N3O5S/c26-21(23-11-5-1-2-6-12-23)16-25-19-15-18(9-10-20(19)30-17-22(25)27)31(28,29)24-13-7-3-4-8-14-24/h9-10,15H,1-8,11-14,16-17H2. The van der Waals surface area contributed by atoms with E-state index in [0.717, 1.165) is 51.4 Å². The molecule has 2 amide bonds. The molecule has 3 aliphatic rings. The number of carbonyl (C=O) groups is 2. The van der Waals surface area contributed by atoms with Gasteiger partial charge in [0, 0.05) is 26.2 Å². The lowest BCUT2D eigenvalue weighted by Gasteiger charge is -2.31. The van der Waals surface area contributed by atoms with Crippen LogP contribution in [0.1, 0.15) is 51.4 Å². The van der Waals surface area contributed by atoms with Gasteiger partial charge in [0.1, 0.15) is 12.3 Å². The first kappa shape index (κ1) is 22.1. The van der Waals surface area contributed by atoms with Crippen molar-refractivity contribution in [3.63, 3.8) is 0 Å². The van der Waals surface area contributed by atoms with Crippen molar-refractivity contribution in [3.8, 4) is 5.75 Å². The minimum Gasteiger partial charge on any atom is -0.482 e. The third-order valence-electron chi connectivity index (χ3n) is 6.33.